The third-order valence-electron chi connectivity index (χ3n) is 1.59. The molecule has 0 aliphatic rings. The fourth-order valence-electron chi connectivity index (χ4n) is 0.929. The quantitative estimate of drug-likeness (QED) is 0.557. The van der Waals surface area contributed by atoms with Crippen LogP contribution in [0.5, 0.6) is 0 Å². The predicted octanol–water partition coefficient (Wildman–Crippen LogP) is 1.43. The van der Waals surface area contributed by atoms with Gasteiger partial charge >= 0.3 is 0 Å². The van der Waals surface area contributed by atoms with Crippen LogP contribution < -0.4 is 5.32 Å². The molecule has 0 rings (SSSR count). The van der Waals surface area contributed by atoms with E-state index < -0.39 is 0 Å². The molecule has 0 radical (unpaired) electrons. The molecule has 0 heterocycles. The van der Waals surface area contributed by atoms with Gasteiger partial charge in [-0.3, -0.25) is 0 Å². The van der Waals surface area contributed by atoms with Crippen molar-refractivity contribution >= 4 is 0 Å². The lowest BCUT2D eigenvalue weighted by atomic mass is 10.3. The van der Waals surface area contributed by atoms with Crippen molar-refractivity contribution in [1.29, 1.82) is 0 Å². The van der Waals surface area contributed by atoms with Gasteiger partial charge in [0.1, 0.15) is 0 Å². The fraction of sp³-hybridized carbons (Fsp3) is 1.00. The van der Waals surface area contributed by atoms with Gasteiger partial charge in [0, 0.05) is 19.3 Å². The zero-order valence-electron chi connectivity index (χ0n) is 9.14. The van der Waals surface area contributed by atoms with E-state index in [0.717, 1.165) is 32.8 Å². The molecule has 3 heteroatoms. The summed E-state index contributed by atoms with van der Waals surface area (Å²) < 4.78 is 10.5. The summed E-state index contributed by atoms with van der Waals surface area (Å²) in [5.41, 5.74) is 0. The minimum absolute atomic E-state index is 0.573. The molecule has 13 heavy (non-hydrogen) atoms. The summed E-state index contributed by atoms with van der Waals surface area (Å²) in [6.07, 6.45) is 1.07. The molecule has 0 spiro atoms. The lowest BCUT2D eigenvalue weighted by molar-refractivity contribution is 0.0519. The van der Waals surface area contributed by atoms with Gasteiger partial charge in [0.05, 0.1) is 13.2 Å². The zero-order valence-corrected chi connectivity index (χ0v) is 9.14. The number of hydrogen-bond donors (Lipinski definition) is 1. The maximum Gasteiger partial charge on any atom is 0.0700 e. The molecule has 0 saturated carbocycles. The topological polar surface area (TPSA) is 30.5 Å². The summed E-state index contributed by atoms with van der Waals surface area (Å²) in [7, 11) is 0. The molecule has 0 aliphatic heterocycles. The van der Waals surface area contributed by atoms with Crippen LogP contribution in [0.4, 0.5) is 0 Å². The highest BCUT2D eigenvalue weighted by molar-refractivity contribution is 4.51. The van der Waals surface area contributed by atoms with E-state index >= 15 is 0 Å². The predicted molar refractivity (Wildman–Crippen MR) is 55.1 cm³/mol. The molecule has 0 aromatic rings. The second-order valence-corrected chi connectivity index (χ2v) is 3.27. The highest BCUT2D eigenvalue weighted by Crippen LogP contribution is 1.84. The lowest BCUT2D eigenvalue weighted by Crippen LogP contribution is -2.24. The molecule has 0 saturated heterocycles. The van der Waals surface area contributed by atoms with E-state index in [1.165, 1.54) is 0 Å². The number of hydrogen-bond acceptors (Lipinski definition) is 3. The molecular formula is C10H23NO2. The van der Waals surface area contributed by atoms with Crippen LogP contribution in [0, 0.1) is 0 Å². The van der Waals surface area contributed by atoms with Gasteiger partial charge in [-0.25, -0.2) is 0 Å². The van der Waals surface area contributed by atoms with E-state index in [9.17, 15) is 0 Å². The first kappa shape index (κ1) is 12.9. The Morgan fingerprint density at radius 1 is 1.08 bits per heavy atom. The van der Waals surface area contributed by atoms with Crippen LogP contribution in [-0.2, 0) is 9.47 Å². The Kier molecular flexibility index (Phi) is 9.87. The third kappa shape index (κ3) is 11.9. The summed E-state index contributed by atoms with van der Waals surface area (Å²) in [5.74, 6) is 0. The first-order valence-corrected chi connectivity index (χ1v) is 5.16. The Hall–Kier alpha value is -0.120. The zero-order chi connectivity index (χ0) is 9.94. The van der Waals surface area contributed by atoms with Crippen molar-refractivity contribution in [3.05, 3.63) is 0 Å². The molecule has 0 aliphatic carbocycles. The Morgan fingerprint density at radius 2 is 1.77 bits per heavy atom. The largest absolute Gasteiger partial charge is 0.379 e. The molecule has 0 amide bonds. The Balaban J connectivity index is 2.84. The van der Waals surface area contributed by atoms with Crippen molar-refractivity contribution in [2.45, 2.75) is 33.2 Å². The molecule has 80 valence electrons. The van der Waals surface area contributed by atoms with E-state index in [2.05, 4.69) is 19.2 Å². The highest BCUT2D eigenvalue weighted by Gasteiger charge is 1.92. The van der Waals surface area contributed by atoms with Crippen molar-refractivity contribution < 1.29 is 9.47 Å². The Labute approximate surface area is 81.8 Å². The van der Waals surface area contributed by atoms with E-state index in [1.807, 2.05) is 6.92 Å². The number of rotatable bonds is 9. The SMILES string of the molecule is CCOCCOCCCNC(C)C. The van der Waals surface area contributed by atoms with Gasteiger partial charge < -0.3 is 14.8 Å². The van der Waals surface area contributed by atoms with Gasteiger partial charge in [-0.05, 0) is 19.9 Å². The summed E-state index contributed by atoms with van der Waals surface area (Å²) >= 11 is 0. The third-order valence-corrected chi connectivity index (χ3v) is 1.59. The second-order valence-electron chi connectivity index (χ2n) is 3.27. The van der Waals surface area contributed by atoms with Crippen LogP contribution in [0.25, 0.3) is 0 Å². The van der Waals surface area contributed by atoms with Gasteiger partial charge in [0.15, 0.2) is 0 Å². The van der Waals surface area contributed by atoms with Gasteiger partial charge in [-0.1, -0.05) is 13.8 Å². The summed E-state index contributed by atoms with van der Waals surface area (Å²) in [6.45, 7) is 10.4. The first-order valence-electron chi connectivity index (χ1n) is 5.16. The Bertz CT molecular complexity index is 96.9. The minimum atomic E-state index is 0.573. The standard InChI is InChI=1S/C10H23NO2/c1-4-12-8-9-13-7-5-6-11-10(2)3/h10-11H,4-9H2,1-3H3. The maximum absolute atomic E-state index is 5.35. The molecule has 0 atom stereocenters. The maximum atomic E-state index is 5.35. The van der Waals surface area contributed by atoms with Gasteiger partial charge in [0.25, 0.3) is 0 Å². The summed E-state index contributed by atoms with van der Waals surface area (Å²) in [4.78, 5) is 0. The van der Waals surface area contributed by atoms with Crippen LogP contribution in [0.1, 0.15) is 27.2 Å². The van der Waals surface area contributed by atoms with Crippen LogP contribution in [0.3, 0.4) is 0 Å². The van der Waals surface area contributed by atoms with E-state index in [1.54, 1.807) is 0 Å². The number of nitrogens with one attached hydrogen (secondary N) is 1. The van der Waals surface area contributed by atoms with Crippen LogP contribution in [-0.4, -0.2) is 39.0 Å². The monoisotopic (exact) mass is 189 g/mol. The average molecular weight is 189 g/mol. The molecule has 0 aromatic carbocycles. The first-order chi connectivity index (χ1) is 6.27. The van der Waals surface area contributed by atoms with Crippen LogP contribution >= 0.6 is 0 Å². The minimum Gasteiger partial charge on any atom is -0.379 e. The van der Waals surface area contributed by atoms with Crippen molar-refractivity contribution in [2.24, 2.45) is 0 Å². The molecule has 0 bridgehead atoms. The van der Waals surface area contributed by atoms with Crippen LogP contribution in [0.15, 0.2) is 0 Å². The van der Waals surface area contributed by atoms with Gasteiger partial charge in [-0.15, -0.1) is 0 Å². The van der Waals surface area contributed by atoms with Crippen molar-refractivity contribution in [2.75, 3.05) is 33.0 Å². The summed E-state index contributed by atoms with van der Waals surface area (Å²) in [5, 5.41) is 3.34. The van der Waals surface area contributed by atoms with E-state index in [-0.39, 0.29) is 0 Å². The van der Waals surface area contributed by atoms with Crippen molar-refractivity contribution in [1.82, 2.24) is 5.32 Å². The normalized spacial score (nSPS) is 11.1. The molecule has 1 N–H and O–H groups in total. The van der Waals surface area contributed by atoms with Crippen LogP contribution in [0.2, 0.25) is 0 Å². The van der Waals surface area contributed by atoms with Crippen molar-refractivity contribution in [3.8, 4) is 0 Å². The fourth-order valence-corrected chi connectivity index (χ4v) is 0.929. The number of ether oxygens (including phenoxy) is 2. The van der Waals surface area contributed by atoms with E-state index in [0.29, 0.717) is 12.6 Å². The summed E-state index contributed by atoms with van der Waals surface area (Å²) in [6, 6.07) is 0.573. The van der Waals surface area contributed by atoms with Gasteiger partial charge in [-0.2, -0.15) is 0 Å². The molecule has 0 aromatic heterocycles. The average Bonchev–Trinajstić information content (AvgIpc) is 2.09. The molecule has 0 unspecified atom stereocenters. The molecule has 3 nitrogen and oxygen atoms in total. The second kappa shape index (κ2) is 9.96. The Morgan fingerprint density at radius 3 is 2.38 bits per heavy atom. The van der Waals surface area contributed by atoms with Gasteiger partial charge in [0.2, 0.25) is 0 Å². The van der Waals surface area contributed by atoms with E-state index in [4.69, 9.17) is 9.47 Å². The van der Waals surface area contributed by atoms with Crippen molar-refractivity contribution in [3.63, 3.8) is 0 Å². The molecule has 0 fully saturated rings. The lowest BCUT2D eigenvalue weighted by Gasteiger charge is -2.08. The highest BCUT2D eigenvalue weighted by atomic mass is 16.5. The molecular weight excluding hydrogens is 166 g/mol. The smallest absolute Gasteiger partial charge is 0.0700 e.